The van der Waals surface area contributed by atoms with Crippen molar-refractivity contribution in [3.05, 3.63) is 119 Å². The number of amides is 2. The molecule has 9 nitrogen and oxygen atoms in total. The van der Waals surface area contributed by atoms with Crippen molar-refractivity contribution in [3.63, 3.8) is 0 Å². The highest BCUT2D eigenvalue weighted by atomic mass is 16.5. The molecule has 0 aromatic heterocycles. The molecular formula is C41H46N2O7. The lowest BCUT2D eigenvalue weighted by Gasteiger charge is -2.23. The van der Waals surface area contributed by atoms with E-state index in [-0.39, 0.29) is 36.6 Å². The molecule has 0 heterocycles. The second kappa shape index (κ2) is 15.1. The normalized spacial score (nSPS) is 13.7. The molecule has 9 heteroatoms. The van der Waals surface area contributed by atoms with E-state index in [1.54, 1.807) is 36.4 Å². The number of benzene rings is 4. The average molecular weight is 679 g/mol. The standard InChI is InChI=1S/C41H46N2O7/c1-40(2,3)49-28-19-15-26(16-20-28)23-35(37(44)42-36(38(45)46)24-27-17-21-29(22-18-27)50-41(4,5)6)43-39(47)48-25-34-32-13-9-7-11-30(32)31-12-8-10-14-33(31)34/h7-22,34-36H,23-25H2,1-6H3,(H,42,44)(H,43,47)(H,45,46)/t35-,36-/m0/s1. The number of rotatable bonds is 12. The number of carbonyl (C=O) groups is 3. The van der Waals surface area contributed by atoms with Crippen molar-refractivity contribution in [2.45, 2.75) is 83.6 Å². The van der Waals surface area contributed by atoms with Crippen molar-refractivity contribution in [1.82, 2.24) is 10.6 Å². The van der Waals surface area contributed by atoms with Gasteiger partial charge in [0.1, 0.15) is 41.4 Å². The first-order valence-electron chi connectivity index (χ1n) is 16.9. The molecule has 2 atom stereocenters. The summed E-state index contributed by atoms with van der Waals surface area (Å²) in [5.41, 5.74) is 5.01. The van der Waals surface area contributed by atoms with E-state index in [1.165, 1.54) is 0 Å². The summed E-state index contributed by atoms with van der Waals surface area (Å²) in [5.74, 6) is -0.682. The van der Waals surface area contributed by atoms with E-state index in [2.05, 4.69) is 22.8 Å². The molecule has 4 aromatic carbocycles. The van der Waals surface area contributed by atoms with Crippen LogP contribution in [0.2, 0.25) is 0 Å². The van der Waals surface area contributed by atoms with Gasteiger partial charge in [-0.15, -0.1) is 0 Å². The van der Waals surface area contributed by atoms with E-state index < -0.39 is 30.1 Å². The number of alkyl carbamates (subject to hydrolysis) is 1. The zero-order chi connectivity index (χ0) is 36.1. The van der Waals surface area contributed by atoms with Crippen molar-refractivity contribution in [3.8, 4) is 22.6 Å². The quantitative estimate of drug-likeness (QED) is 0.144. The van der Waals surface area contributed by atoms with Crippen LogP contribution in [-0.4, -0.2) is 53.0 Å². The summed E-state index contributed by atoms with van der Waals surface area (Å²) < 4.78 is 17.5. The second-order valence-corrected chi connectivity index (χ2v) is 14.5. The Labute approximate surface area is 294 Å². The number of nitrogens with one attached hydrogen (secondary N) is 2. The van der Waals surface area contributed by atoms with Crippen LogP contribution in [0.1, 0.15) is 69.7 Å². The monoisotopic (exact) mass is 678 g/mol. The molecule has 3 N–H and O–H groups in total. The molecule has 0 unspecified atom stereocenters. The Morgan fingerprint density at radius 2 is 1.08 bits per heavy atom. The number of fused-ring (bicyclic) bond motifs is 3. The van der Waals surface area contributed by atoms with Gasteiger partial charge in [0.25, 0.3) is 0 Å². The average Bonchev–Trinajstić information content (AvgIpc) is 3.37. The SMILES string of the molecule is CC(C)(C)Oc1ccc(C[C@H](NC(=O)[C@H](Cc2ccc(OC(C)(C)C)cc2)NC(=O)OCC2c3ccccc3-c3ccccc32)C(=O)O)cc1. The molecule has 262 valence electrons. The van der Waals surface area contributed by atoms with Crippen LogP contribution in [0, 0.1) is 0 Å². The lowest BCUT2D eigenvalue weighted by molar-refractivity contribution is -0.142. The molecule has 4 aromatic rings. The number of hydrogen-bond donors (Lipinski definition) is 3. The van der Waals surface area contributed by atoms with E-state index in [1.807, 2.05) is 90.1 Å². The summed E-state index contributed by atoms with van der Waals surface area (Å²) in [5, 5.41) is 15.4. The molecule has 0 saturated carbocycles. The van der Waals surface area contributed by atoms with Crippen LogP contribution in [0.5, 0.6) is 11.5 Å². The van der Waals surface area contributed by atoms with Crippen molar-refractivity contribution in [2.75, 3.05) is 6.61 Å². The number of hydrogen-bond acceptors (Lipinski definition) is 6. The molecule has 0 saturated heterocycles. The molecule has 0 bridgehead atoms. The molecular weight excluding hydrogens is 632 g/mol. The number of carboxylic acids is 1. The van der Waals surface area contributed by atoms with Crippen molar-refractivity contribution >= 4 is 18.0 Å². The minimum atomic E-state index is -1.24. The third-order valence-electron chi connectivity index (χ3n) is 8.14. The van der Waals surface area contributed by atoms with Gasteiger partial charge in [-0.25, -0.2) is 9.59 Å². The summed E-state index contributed by atoms with van der Waals surface area (Å²) in [6, 6.07) is 28.0. The molecule has 1 aliphatic carbocycles. The predicted molar refractivity (Wildman–Crippen MR) is 193 cm³/mol. The van der Waals surface area contributed by atoms with Crippen LogP contribution < -0.4 is 20.1 Å². The summed E-state index contributed by atoms with van der Waals surface area (Å²) in [6.45, 7) is 11.7. The number of carbonyl (C=O) groups excluding carboxylic acids is 2. The third kappa shape index (κ3) is 9.65. The number of aliphatic carboxylic acids is 1. The largest absolute Gasteiger partial charge is 0.488 e. The van der Waals surface area contributed by atoms with Gasteiger partial charge in [-0.05, 0) is 99.2 Å². The number of ether oxygens (including phenoxy) is 3. The molecule has 0 spiro atoms. The zero-order valence-electron chi connectivity index (χ0n) is 29.5. The molecule has 0 fully saturated rings. The first-order chi connectivity index (χ1) is 23.6. The van der Waals surface area contributed by atoms with Crippen molar-refractivity contribution in [1.29, 1.82) is 0 Å². The highest BCUT2D eigenvalue weighted by Crippen LogP contribution is 2.44. The summed E-state index contributed by atoms with van der Waals surface area (Å²) in [7, 11) is 0. The Kier molecular flexibility index (Phi) is 10.8. The van der Waals surface area contributed by atoms with Gasteiger partial charge < -0.3 is 30.0 Å². The zero-order valence-corrected chi connectivity index (χ0v) is 29.5. The minimum Gasteiger partial charge on any atom is -0.488 e. The first-order valence-corrected chi connectivity index (χ1v) is 16.9. The van der Waals surface area contributed by atoms with Crippen LogP contribution in [0.25, 0.3) is 11.1 Å². The highest BCUT2D eigenvalue weighted by Gasteiger charge is 2.31. The Morgan fingerprint density at radius 3 is 1.52 bits per heavy atom. The smallest absolute Gasteiger partial charge is 0.407 e. The third-order valence-corrected chi connectivity index (χ3v) is 8.14. The Hall–Kier alpha value is -5.31. The molecule has 0 aliphatic heterocycles. The Balaban J connectivity index is 1.30. The summed E-state index contributed by atoms with van der Waals surface area (Å²) >= 11 is 0. The summed E-state index contributed by atoms with van der Waals surface area (Å²) in [4.78, 5) is 39.4. The Morgan fingerprint density at radius 1 is 0.640 bits per heavy atom. The van der Waals surface area contributed by atoms with Gasteiger partial charge in [0.15, 0.2) is 0 Å². The minimum absolute atomic E-state index is 0.0351. The lowest BCUT2D eigenvalue weighted by atomic mass is 9.98. The van der Waals surface area contributed by atoms with Gasteiger partial charge in [0.05, 0.1) is 0 Å². The lowest BCUT2D eigenvalue weighted by Crippen LogP contribution is -2.53. The second-order valence-electron chi connectivity index (χ2n) is 14.5. The molecule has 1 aliphatic rings. The van der Waals surface area contributed by atoms with Crippen LogP contribution in [-0.2, 0) is 27.2 Å². The van der Waals surface area contributed by atoms with Gasteiger partial charge in [0, 0.05) is 18.8 Å². The Bertz CT molecular complexity index is 1760. The van der Waals surface area contributed by atoms with Crippen LogP contribution in [0.3, 0.4) is 0 Å². The maximum absolute atomic E-state index is 13.8. The highest BCUT2D eigenvalue weighted by molar-refractivity contribution is 5.89. The summed E-state index contributed by atoms with van der Waals surface area (Å²) in [6.07, 6.45) is -0.647. The van der Waals surface area contributed by atoms with Crippen LogP contribution in [0.15, 0.2) is 97.1 Å². The van der Waals surface area contributed by atoms with Gasteiger partial charge in [-0.3, -0.25) is 4.79 Å². The van der Waals surface area contributed by atoms with Gasteiger partial charge >= 0.3 is 12.1 Å². The van der Waals surface area contributed by atoms with E-state index in [9.17, 15) is 19.5 Å². The van der Waals surface area contributed by atoms with Gasteiger partial charge in [0.2, 0.25) is 5.91 Å². The maximum atomic E-state index is 13.8. The van der Waals surface area contributed by atoms with Crippen molar-refractivity contribution < 1.29 is 33.7 Å². The van der Waals surface area contributed by atoms with Crippen LogP contribution in [0.4, 0.5) is 4.79 Å². The van der Waals surface area contributed by atoms with E-state index >= 15 is 0 Å². The molecule has 50 heavy (non-hydrogen) atoms. The fraction of sp³-hybridized carbons (Fsp3) is 0.341. The van der Waals surface area contributed by atoms with E-state index in [0.29, 0.717) is 17.1 Å². The predicted octanol–water partition coefficient (Wildman–Crippen LogP) is 7.30. The van der Waals surface area contributed by atoms with E-state index in [4.69, 9.17) is 14.2 Å². The van der Waals surface area contributed by atoms with Crippen molar-refractivity contribution in [2.24, 2.45) is 0 Å². The molecule has 2 amide bonds. The van der Waals surface area contributed by atoms with Gasteiger partial charge in [-0.2, -0.15) is 0 Å². The number of carboxylic acid groups (broad SMARTS) is 1. The fourth-order valence-electron chi connectivity index (χ4n) is 6.03. The van der Waals surface area contributed by atoms with E-state index in [0.717, 1.165) is 27.8 Å². The molecule has 5 rings (SSSR count). The van der Waals surface area contributed by atoms with Crippen LogP contribution >= 0.6 is 0 Å². The van der Waals surface area contributed by atoms with Gasteiger partial charge in [-0.1, -0.05) is 72.8 Å². The maximum Gasteiger partial charge on any atom is 0.407 e. The molecule has 0 radical (unpaired) electrons. The first kappa shape index (κ1) is 36.0. The fourth-order valence-corrected chi connectivity index (χ4v) is 6.03. The topological polar surface area (TPSA) is 123 Å².